The van der Waals surface area contributed by atoms with E-state index in [-0.39, 0.29) is 5.02 Å². The third-order valence-corrected chi connectivity index (χ3v) is 3.62. The summed E-state index contributed by atoms with van der Waals surface area (Å²) in [5, 5.41) is 0.0987. The van der Waals surface area contributed by atoms with Gasteiger partial charge in [-0.05, 0) is 36.6 Å². The Morgan fingerprint density at radius 3 is 2.53 bits per heavy atom. The Morgan fingerprint density at radius 2 is 1.89 bits per heavy atom. The molecule has 2 rings (SSSR count). The molecule has 19 heavy (non-hydrogen) atoms. The van der Waals surface area contributed by atoms with Gasteiger partial charge in [-0.15, -0.1) is 0 Å². The van der Waals surface area contributed by atoms with E-state index in [1.54, 1.807) is 12.1 Å². The Kier molecular flexibility index (Phi) is 4.20. The number of nitrogens with two attached hydrogens (primary N) is 1. The van der Waals surface area contributed by atoms with E-state index < -0.39 is 11.9 Å². The summed E-state index contributed by atoms with van der Waals surface area (Å²) in [5.41, 5.74) is 6.33. The van der Waals surface area contributed by atoms with Crippen molar-refractivity contribution in [3.8, 4) is 0 Å². The molecule has 0 amide bonds. The number of hydrogen-bond donors (Lipinski definition) is 2. The maximum Gasteiger partial charge on any atom is 0.146 e. The lowest BCUT2D eigenvalue weighted by Crippen LogP contribution is -2.29. The molecule has 0 aliphatic carbocycles. The van der Waals surface area contributed by atoms with Crippen LogP contribution in [0.5, 0.6) is 0 Å². The predicted octanol–water partition coefficient (Wildman–Crippen LogP) is 3.65. The van der Waals surface area contributed by atoms with E-state index in [0.29, 0.717) is 5.56 Å². The van der Waals surface area contributed by atoms with Crippen molar-refractivity contribution in [3.05, 3.63) is 69.5 Å². The minimum atomic E-state index is -0.439. The van der Waals surface area contributed by atoms with E-state index >= 15 is 0 Å². The quantitative estimate of drug-likeness (QED) is 0.664. The standard InChI is InChI=1S/C15H16ClFN2/c1-9-6-7-11(8-10(9)2)15(19-18)12-4-3-5-13(16)14(12)17/h3-8,15,19H,18H2,1-2H3. The van der Waals surface area contributed by atoms with Gasteiger partial charge in [-0.1, -0.05) is 41.9 Å². The molecular formula is C15H16ClFN2. The fourth-order valence-electron chi connectivity index (χ4n) is 2.05. The molecule has 3 N–H and O–H groups in total. The lowest BCUT2D eigenvalue weighted by atomic mass is 9.96. The first kappa shape index (κ1) is 14.0. The topological polar surface area (TPSA) is 38.0 Å². The first-order chi connectivity index (χ1) is 9.04. The van der Waals surface area contributed by atoms with E-state index in [1.807, 2.05) is 32.0 Å². The zero-order valence-corrected chi connectivity index (χ0v) is 11.6. The fourth-order valence-corrected chi connectivity index (χ4v) is 2.24. The largest absolute Gasteiger partial charge is 0.271 e. The average Bonchev–Trinajstić information content (AvgIpc) is 2.39. The van der Waals surface area contributed by atoms with Gasteiger partial charge in [0.2, 0.25) is 0 Å². The van der Waals surface area contributed by atoms with Crippen LogP contribution in [0.15, 0.2) is 36.4 Å². The van der Waals surface area contributed by atoms with Crippen LogP contribution in [0.2, 0.25) is 5.02 Å². The van der Waals surface area contributed by atoms with Gasteiger partial charge in [-0.25, -0.2) is 9.82 Å². The van der Waals surface area contributed by atoms with Crippen LogP contribution in [0, 0.1) is 19.7 Å². The van der Waals surface area contributed by atoms with Crippen molar-refractivity contribution >= 4 is 11.6 Å². The molecule has 0 saturated carbocycles. The molecule has 4 heteroatoms. The summed E-state index contributed by atoms with van der Waals surface area (Å²) in [6, 6.07) is 10.4. The van der Waals surface area contributed by atoms with Gasteiger partial charge in [0.05, 0.1) is 11.1 Å². The maximum absolute atomic E-state index is 14.1. The summed E-state index contributed by atoms with van der Waals surface area (Å²) in [4.78, 5) is 0. The lowest BCUT2D eigenvalue weighted by Gasteiger charge is -2.19. The second kappa shape index (κ2) is 5.70. The summed E-state index contributed by atoms with van der Waals surface area (Å²) in [6.07, 6.45) is 0. The van der Waals surface area contributed by atoms with Crippen LogP contribution < -0.4 is 11.3 Å². The first-order valence-electron chi connectivity index (χ1n) is 6.01. The van der Waals surface area contributed by atoms with Crippen LogP contribution in [0.25, 0.3) is 0 Å². The van der Waals surface area contributed by atoms with Crippen LogP contribution in [0.3, 0.4) is 0 Å². The van der Waals surface area contributed by atoms with Gasteiger partial charge in [0, 0.05) is 5.56 Å². The Hall–Kier alpha value is -1.42. The van der Waals surface area contributed by atoms with Gasteiger partial charge in [0.25, 0.3) is 0 Å². The zero-order valence-electron chi connectivity index (χ0n) is 10.9. The van der Waals surface area contributed by atoms with Crippen LogP contribution in [0.1, 0.15) is 28.3 Å². The van der Waals surface area contributed by atoms with Crippen molar-refractivity contribution in [3.63, 3.8) is 0 Å². The van der Waals surface area contributed by atoms with Gasteiger partial charge < -0.3 is 0 Å². The highest BCUT2D eigenvalue weighted by atomic mass is 35.5. The van der Waals surface area contributed by atoms with Crippen LogP contribution >= 0.6 is 11.6 Å². The minimum absolute atomic E-state index is 0.0987. The van der Waals surface area contributed by atoms with E-state index in [4.69, 9.17) is 17.4 Å². The smallest absolute Gasteiger partial charge is 0.146 e. The monoisotopic (exact) mass is 278 g/mol. The van der Waals surface area contributed by atoms with Crippen molar-refractivity contribution in [1.29, 1.82) is 0 Å². The zero-order chi connectivity index (χ0) is 14.0. The van der Waals surface area contributed by atoms with Gasteiger partial charge in [-0.3, -0.25) is 5.84 Å². The molecule has 1 unspecified atom stereocenters. The molecule has 0 aliphatic rings. The van der Waals surface area contributed by atoms with E-state index in [2.05, 4.69) is 5.43 Å². The van der Waals surface area contributed by atoms with Crippen molar-refractivity contribution < 1.29 is 4.39 Å². The minimum Gasteiger partial charge on any atom is -0.271 e. The van der Waals surface area contributed by atoms with Gasteiger partial charge in [0.15, 0.2) is 0 Å². The molecule has 0 spiro atoms. The molecule has 1 atom stereocenters. The molecule has 0 heterocycles. The van der Waals surface area contributed by atoms with Gasteiger partial charge >= 0.3 is 0 Å². The molecule has 0 saturated heterocycles. The predicted molar refractivity (Wildman–Crippen MR) is 76.5 cm³/mol. The van der Waals surface area contributed by atoms with Crippen molar-refractivity contribution in [2.45, 2.75) is 19.9 Å². The second-order valence-corrected chi connectivity index (χ2v) is 4.99. The van der Waals surface area contributed by atoms with Crippen molar-refractivity contribution in [2.75, 3.05) is 0 Å². The molecular weight excluding hydrogens is 263 g/mol. The molecule has 0 aromatic heterocycles. The fraction of sp³-hybridized carbons (Fsp3) is 0.200. The normalized spacial score (nSPS) is 12.5. The Bertz CT molecular complexity index is 599. The molecule has 100 valence electrons. The third kappa shape index (κ3) is 2.78. The van der Waals surface area contributed by atoms with Crippen LogP contribution in [0.4, 0.5) is 4.39 Å². The highest BCUT2D eigenvalue weighted by Gasteiger charge is 2.18. The number of aryl methyl sites for hydroxylation is 2. The number of rotatable bonds is 3. The number of nitrogens with one attached hydrogen (secondary N) is 1. The Balaban J connectivity index is 2.50. The number of hydrazine groups is 1. The number of benzene rings is 2. The highest BCUT2D eigenvalue weighted by molar-refractivity contribution is 6.30. The SMILES string of the molecule is Cc1ccc(C(NN)c2cccc(Cl)c2F)cc1C. The maximum atomic E-state index is 14.1. The van der Waals surface area contributed by atoms with E-state index in [9.17, 15) is 4.39 Å². The van der Waals surface area contributed by atoms with Crippen molar-refractivity contribution in [1.82, 2.24) is 5.43 Å². The molecule has 2 aromatic carbocycles. The van der Waals surface area contributed by atoms with Crippen LogP contribution in [-0.4, -0.2) is 0 Å². The molecule has 0 fully saturated rings. The summed E-state index contributed by atoms with van der Waals surface area (Å²) in [5.74, 6) is 5.14. The van der Waals surface area contributed by atoms with Gasteiger partial charge in [0.1, 0.15) is 5.82 Å². The molecule has 0 aliphatic heterocycles. The Morgan fingerprint density at radius 1 is 1.16 bits per heavy atom. The molecule has 0 bridgehead atoms. The van der Waals surface area contributed by atoms with E-state index in [0.717, 1.165) is 11.1 Å². The highest BCUT2D eigenvalue weighted by Crippen LogP contribution is 2.28. The molecule has 0 radical (unpaired) electrons. The third-order valence-electron chi connectivity index (χ3n) is 3.32. The summed E-state index contributed by atoms with van der Waals surface area (Å²) >= 11 is 5.82. The summed E-state index contributed by atoms with van der Waals surface area (Å²) < 4.78 is 14.1. The van der Waals surface area contributed by atoms with Gasteiger partial charge in [-0.2, -0.15) is 0 Å². The molecule has 2 nitrogen and oxygen atoms in total. The van der Waals surface area contributed by atoms with Crippen LogP contribution in [-0.2, 0) is 0 Å². The summed E-state index contributed by atoms with van der Waals surface area (Å²) in [7, 11) is 0. The first-order valence-corrected chi connectivity index (χ1v) is 6.39. The molecule has 2 aromatic rings. The average molecular weight is 279 g/mol. The number of hydrogen-bond acceptors (Lipinski definition) is 2. The number of halogens is 2. The van der Waals surface area contributed by atoms with E-state index in [1.165, 1.54) is 11.6 Å². The second-order valence-electron chi connectivity index (χ2n) is 4.59. The Labute approximate surface area is 117 Å². The summed E-state index contributed by atoms with van der Waals surface area (Å²) in [6.45, 7) is 4.05. The van der Waals surface area contributed by atoms with Crippen molar-refractivity contribution in [2.24, 2.45) is 5.84 Å². The lowest BCUT2D eigenvalue weighted by molar-refractivity contribution is 0.560.